The molecule has 0 fully saturated rings. The SMILES string of the molecule is CC(C)c1csc(C(C)C)c1. The molecule has 0 spiro atoms. The topological polar surface area (TPSA) is 0 Å². The van der Waals surface area contributed by atoms with Crippen molar-refractivity contribution in [1.29, 1.82) is 0 Å². The Bertz CT molecular complexity index is 198. The van der Waals surface area contributed by atoms with E-state index in [2.05, 4.69) is 39.1 Å². The maximum atomic E-state index is 2.33. The van der Waals surface area contributed by atoms with Crippen molar-refractivity contribution in [3.8, 4) is 0 Å². The van der Waals surface area contributed by atoms with E-state index in [0.29, 0.717) is 11.8 Å². The quantitative estimate of drug-likeness (QED) is 0.626. The van der Waals surface area contributed by atoms with Crippen molar-refractivity contribution in [2.24, 2.45) is 0 Å². The normalized spacial score (nSPS) is 11.5. The summed E-state index contributed by atoms with van der Waals surface area (Å²) in [5.74, 6) is 1.37. The van der Waals surface area contributed by atoms with Crippen LogP contribution in [0, 0.1) is 0 Å². The zero-order valence-electron chi connectivity index (χ0n) is 7.72. The van der Waals surface area contributed by atoms with Gasteiger partial charge in [0.05, 0.1) is 0 Å². The third-order valence-electron chi connectivity index (χ3n) is 1.88. The molecule has 0 saturated heterocycles. The van der Waals surface area contributed by atoms with Crippen LogP contribution in [0.2, 0.25) is 0 Å². The smallest absolute Gasteiger partial charge is 0.00736 e. The van der Waals surface area contributed by atoms with E-state index in [0.717, 1.165) is 0 Å². The molecule has 0 aromatic carbocycles. The van der Waals surface area contributed by atoms with Gasteiger partial charge in [0.15, 0.2) is 0 Å². The summed E-state index contributed by atoms with van der Waals surface area (Å²) in [7, 11) is 0. The summed E-state index contributed by atoms with van der Waals surface area (Å²) in [6.07, 6.45) is 0. The average molecular weight is 168 g/mol. The molecule has 1 heterocycles. The Balaban J connectivity index is 2.82. The molecule has 0 aliphatic rings. The van der Waals surface area contributed by atoms with E-state index >= 15 is 0 Å². The zero-order valence-corrected chi connectivity index (χ0v) is 8.53. The first kappa shape index (κ1) is 8.79. The first-order valence-corrected chi connectivity index (χ1v) is 5.07. The van der Waals surface area contributed by atoms with Gasteiger partial charge in [0.2, 0.25) is 0 Å². The highest BCUT2D eigenvalue weighted by molar-refractivity contribution is 7.10. The van der Waals surface area contributed by atoms with E-state index in [1.165, 1.54) is 10.4 Å². The van der Waals surface area contributed by atoms with Gasteiger partial charge in [0, 0.05) is 4.88 Å². The number of rotatable bonds is 2. The van der Waals surface area contributed by atoms with Crippen LogP contribution in [-0.4, -0.2) is 0 Å². The van der Waals surface area contributed by atoms with Crippen LogP contribution in [0.4, 0.5) is 0 Å². The molecule has 1 aromatic rings. The Morgan fingerprint density at radius 1 is 1.09 bits per heavy atom. The molecule has 0 aliphatic heterocycles. The highest BCUT2D eigenvalue weighted by Crippen LogP contribution is 2.27. The third-order valence-corrected chi connectivity index (χ3v) is 3.13. The molecule has 62 valence electrons. The maximum absolute atomic E-state index is 2.33. The second kappa shape index (κ2) is 3.40. The molecule has 0 aliphatic carbocycles. The van der Waals surface area contributed by atoms with Crippen LogP contribution in [0.25, 0.3) is 0 Å². The van der Waals surface area contributed by atoms with Crippen LogP contribution in [0.15, 0.2) is 11.4 Å². The fourth-order valence-corrected chi connectivity index (χ4v) is 2.06. The van der Waals surface area contributed by atoms with E-state index in [9.17, 15) is 0 Å². The van der Waals surface area contributed by atoms with Gasteiger partial charge in [-0.25, -0.2) is 0 Å². The van der Waals surface area contributed by atoms with Crippen molar-refractivity contribution in [3.05, 3.63) is 21.9 Å². The fourth-order valence-electron chi connectivity index (χ4n) is 0.974. The second-order valence-corrected chi connectivity index (χ2v) is 4.53. The summed E-state index contributed by atoms with van der Waals surface area (Å²) in [6.45, 7) is 8.98. The monoisotopic (exact) mass is 168 g/mol. The summed E-state index contributed by atoms with van der Waals surface area (Å²) >= 11 is 1.89. The van der Waals surface area contributed by atoms with Crippen LogP contribution in [-0.2, 0) is 0 Å². The van der Waals surface area contributed by atoms with E-state index in [1.54, 1.807) is 0 Å². The van der Waals surface area contributed by atoms with Gasteiger partial charge in [-0.2, -0.15) is 0 Å². The number of thiophene rings is 1. The molecule has 0 bridgehead atoms. The Hall–Kier alpha value is -0.300. The molecular weight excluding hydrogens is 152 g/mol. The molecule has 1 heteroatoms. The molecule has 1 aromatic heterocycles. The fraction of sp³-hybridized carbons (Fsp3) is 0.600. The predicted octanol–water partition coefficient (Wildman–Crippen LogP) is 3.99. The largest absolute Gasteiger partial charge is 0.148 e. The van der Waals surface area contributed by atoms with Crippen molar-refractivity contribution in [2.75, 3.05) is 0 Å². The lowest BCUT2D eigenvalue weighted by atomic mass is 10.1. The lowest BCUT2D eigenvalue weighted by Crippen LogP contribution is -1.83. The Morgan fingerprint density at radius 3 is 2.00 bits per heavy atom. The molecule has 1 rings (SSSR count). The van der Waals surface area contributed by atoms with E-state index in [-0.39, 0.29) is 0 Å². The highest BCUT2D eigenvalue weighted by Gasteiger charge is 2.05. The van der Waals surface area contributed by atoms with Crippen LogP contribution in [0.5, 0.6) is 0 Å². The van der Waals surface area contributed by atoms with Gasteiger partial charge in [0.1, 0.15) is 0 Å². The van der Waals surface area contributed by atoms with Gasteiger partial charge in [-0.05, 0) is 28.8 Å². The van der Waals surface area contributed by atoms with Crippen molar-refractivity contribution in [3.63, 3.8) is 0 Å². The highest BCUT2D eigenvalue weighted by atomic mass is 32.1. The summed E-state index contributed by atoms with van der Waals surface area (Å²) in [5.41, 5.74) is 1.48. The molecule has 0 amide bonds. The molecule has 0 nitrogen and oxygen atoms in total. The Morgan fingerprint density at radius 2 is 1.73 bits per heavy atom. The average Bonchev–Trinajstić information content (AvgIpc) is 2.33. The predicted molar refractivity (Wildman–Crippen MR) is 52.5 cm³/mol. The summed E-state index contributed by atoms with van der Waals surface area (Å²) in [6, 6.07) is 2.33. The van der Waals surface area contributed by atoms with Gasteiger partial charge in [-0.1, -0.05) is 27.7 Å². The van der Waals surface area contributed by atoms with E-state index < -0.39 is 0 Å². The van der Waals surface area contributed by atoms with Crippen molar-refractivity contribution >= 4 is 11.3 Å². The Labute approximate surface area is 73.3 Å². The van der Waals surface area contributed by atoms with Crippen LogP contribution >= 0.6 is 11.3 Å². The number of hydrogen-bond acceptors (Lipinski definition) is 1. The van der Waals surface area contributed by atoms with Crippen LogP contribution < -0.4 is 0 Å². The molecule has 0 unspecified atom stereocenters. The minimum Gasteiger partial charge on any atom is -0.148 e. The molecule has 11 heavy (non-hydrogen) atoms. The minimum absolute atomic E-state index is 0.679. The maximum Gasteiger partial charge on any atom is 0.00736 e. The first-order chi connectivity index (χ1) is 5.11. The second-order valence-electron chi connectivity index (χ2n) is 3.59. The lowest BCUT2D eigenvalue weighted by Gasteiger charge is -2.00. The van der Waals surface area contributed by atoms with E-state index in [1.807, 2.05) is 11.3 Å². The zero-order chi connectivity index (χ0) is 8.43. The van der Waals surface area contributed by atoms with Gasteiger partial charge >= 0.3 is 0 Å². The van der Waals surface area contributed by atoms with Crippen molar-refractivity contribution in [2.45, 2.75) is 39.5 Å². The van der Waals surface area contributed by atoms with Gasteiger partial charge in [-0.15, -0.1) is 11.3 Å². The molecular formula is C10H16S. The molecule has 0 N–H and O–H groups in total. The van der Waals surface area contributed by atoms with Crippen LogP contribution in [0.3, 0.4) is 0 Å². The molecule has 0 saturated carbocycles. The van der Waals surface area contributed by atoms with Crippen LogP contribution in [0.1, 0.15) is 50.0 Å². The summed E-state index contributed by atoms with van der Waals surface area (Å²) in [5, 5.41) is 2.28. The standard InChI is InChI=1S/C10H16S/c1-7(2)9-5-10(8(3)4)11-6-9/h5-8H,1-4H3. The molecule has 0 radical (unpaired) electrons. The van der Waals surface area contributed by atoms with Gasteiger partial charge in [-0.3, -0.25) is 0 Å². The Kier molecular flexibility index (Phi) is 2.72. The van der Waals surface area contributed by atoms with E-state index in [4.69, 9.17) is 0 Å². The summed E-state index contributed by atoms with van der Waals surface area (Å²) in [4.78, 5) is 1.51. The van der Waals surface area contributed by atoms with Gasteiger partial charge < -0.3 is 0 Å². The van der Waals surface area contributed by atoms with Gasteiger partial charge in [0.25, 0.3) is 0 Å². The van der Waals surface area contributed by atoms with Crippen molar-refractivity contribution in [1.82, 2.24) is 0 Å². The number of hydrogen-bond donors (Lipinski definition) is 0. The lowest BCUT2D eigenvalue weighted by molar-refractivity contribution is 0.856. The van der Waals surface area contributed by atoms with Crippen molar-refractivity contribution < 1.29 is 0 Å². The first-order valence-electron chi connectivity index (χ1n) is 4.19. The minimum atomic E-state index is 0.679. The molecule has 0 atom stereocenters. The third kappa shape index (κ3) is 2.06. The summed E-state index contributed by atoms with van der Waals surface area (Å²) < 4.78 is 0.